The quantitative estimate of drug-likeness (QED) is 0.504. The van der Waals surface area contributed by atoms with Gasteiger partial charge >= 0.3 is 12.0 Å². The Balaban J connectivity index is 1.46. The second kappa shape index (κ2) is 11.5. The molecule has 1 aromatic carbocycles. The Labute approximate surface area is 239 Å². The summed E-state index contributed by atoms with van der Waals surface area (Å²) in [5.74, 6) is -2.30. The van der Waals surface area contributed by atoms with Gasteiger partial charge in [0, 0.05) is 25.1 Å². The summed E-state index contributed by atoms with van der Waals surface area (Å²) in [4.78, 5) is 50.2. The molecule has 1 aliphatic heterocycles. The lowest BCUT2D eigenvalue weighted by Crippen LogP contribution is -2.49. The molecule has 2 fully saturated rings. The van der Waals surface area contributed by atoms with Gasteiger partial charge in [-0.25, -0.2) is 4.79 Å². The van der Waals surface area contributed by atoms with Crippen LogP contribution in [-0.4, -0.2) is 76.7 Å². The Bertz CT molecular complexity index is 1380. The van der Waals surface area contributed by atoms with Crippen molar-refractivity contribution in [3.63, 3.8) is 0 Å². The maximum atomic E-state index is 13.6. The number of aryl methyl sites for hydroxylation is 1. The number of allylic oxidation sites excluding steroid dienone is 1. The van der Waals surface area contributed by atoms with Gasteiger partial charge in [0.2, 0.25) is 17.7 Å². The molecule has 2 heterocycles. The number of carboxylic acid groups (broad SMARTS) is 1. The van der Waals surface area contributed by atoms with Crippen molar-refractivity contribution in [1.82, 2.24) is 20.2 Å². The number of amides is 2. The highest BCUT2D eigenvalue weighted by molar-refractivity contribution is 5.94. The van der Waals surface area contributed by atoms with E-state index in [-0.39, 0.29) is 24.3 Å². The summed E-state index contributed by atoms with van der Waals surface area (Å²) in [7, 11) is 3.35. The Morgan fingerprint density at radius 1 is 1.20 bits per heavy atom. The predicted molar refractivity (Wildman–Crippen MR) is 150 cm³/mol. The molecule has 2 aliphatic carbocycles. The first-order valence-corrected chi connectivity index (χ1v) is 14.3. The van der Waals surface area contributed by atoms with Gasteiger partial charge in [-0.15, -0.1) is 0 Å². The number of nitrogens with one attached hydrogen (secondary N) is 1. The second-order valence-corrected chi connectivity index (χ2v) is 11.2. The molecule has 11 heteroatoms. The van der Waals surface area contributed by atoms with E-state index in [1.54, 1.807) is 19.1 Å². The van der Waals surface area contributed by atoms with Crippen LogP contribution in [0.5, 0.6) is 17.6 Å². The van der Waals surface area contributed by atoms with E-state index >= 15 is 0 Å². The van der Waals surface area contributed by atoms with Gasteiger partial charge in [0.05, 0.1) is 36.5 Å². The maximum absolute atomic E-state index is 13.6. The van der Waals surface area contributed by atoms with E-state index in [1.165, 1.54) is 0 Å². The third kappa shape index (κ3) is 5.54. The summed E-state index contributed by atoms with van der Waals surface area (Å²) in [5.41, 5.74) is 0.0993. The van der Waals surface area contributed by atoms with Crippen molar-refractivity contribution < 1.29 is 33.7 Å². The van der Waals surface area contributed by atoms with Gasteiger partial charge in [0.25, 0.3) is 0 Å². The molecule has 41 heavy (non-hydrogen) atoms. The second-order valence-electron chi connectivity index (χ2n) is 11.2. The van der Waals surface area contributed by atoms with Crippen molar-refractivity contribution in [1.29, 1.82) is 0 Å². The van der Waals surface area contributed by atoms with Gasteiger partial charge in [0.15, 0.2) is 0 Å². The fourth-order valence-electron chi connectivity index (χ4n) is 6.12. The number of methoxy groups -OCH3 is 1. The van der Waals surface area contributed by atoms with Crippen molar-refractivity contribution >= 4 is 28.7 Å². The van der Waals surface area contributed by atoms with Crippen LogP contribution >= 0.6 is 0 Å². The Morgan fingerprint density at radius 3 is 2.71 bits per heavy atom. The summed E-state index contributed by atoms with van der Waals surface area (Å²) in [6, 6.07) is 3.80. The number of fused-ring (bicyclic) bond motifs is 3. The van der Waals surface area contributed by atoms with E-state index in [0.717, 1.165) is 24.8 Å². The number of aromatic nitrogens is 2. The monoisotopic (exact) mass is 566 g/mol. The molecule has 2 aromatic rings. The van der Waals surface area contributed by atoms with Crippen LogP contribution in [0.1, 0.15) is 51.0 Å². The lowest BCUT2D eigenvalue weighted by molar-refractivity contribution is -0.145. The molecular formula is C30H38N4O7. The third-order valence-electron chi connectivity index (χ3n) is 8.56. The van der Waals surface area contributed by atoms with Crippen LogP contribution in [0.25, 0.3) is 10.9 Å². The molecule has 2 N–H and O–H groups in total. The largest absolute Gasteiger partial charge is 0.496 e. The zero-order chi connectivity index (χ0) is 29.3. The van der Waals surface area contributed by atoms with E-state index in [2.05, 4.69) is 15.3 Å². The molecule has 3 aliphatic rings. The number of carboxylic acids is 1. The van der Waals surface area contributed by atoms with Crippen molar-refractivity contribution in [2.24, 2.45) is 17.8 Å². The van der Waals surface area contributed by atoms with Crippen LogP contribution in [0.15, 0.2) is 24.3 Å². The molecule has 2 saturated carbocycles. The lowest BCUT2D eigenvalue weighted by Gasteiger charge is -2.26. The number of hydrogen-bond donors (Lipinski definition) is 2. The summed E-state index contributed by atoms with van der Waals surface area (Å²) in [6.07, 6.45) is 6.78. The summed E-state index contributed by atoms with van der Waals surface area (Å²) in [6.45, 7) is 4.68. The molecular weight excluding hydrogens is 528 g/mol. The Morgan fingerprint density at radius 2 is 1.98 bits per heavy atom. The minimum Gasteiger partial charge on any atom is -0.496 e. The number of rotatable bonds is 6. The van der Waals surface area contributed by atoms with Gasteiger partial charge < -0.3 is 29.5 Å². The van der Waals surface area contributed by atoms with Crippen LogP contribution in [0.2, 0.25) is 0 Å². The smallest absolute Gasteiger partial charge is 0.330 e. The topological polar surface area (TPSA) is 140 Å². The van der Waals surface area contributed by atoms with Gasteiger partial charge in [0.1, 0.15) is 17.4 Å². The minimum absolute atomic E-state index is 0.135. The molecule has 1 aromatic heterocycles. The minimum atomic E-state index is -1.33. The molecule has 0 spiro atoms. The van der Waals surface area contributed by atoms with Gasteiger partial charge in [-0.2, -0.15) is 9.97 Å². The van der Waals surface area contributed by atoms with Crippen molar-refractivity contribution in [3.05, 3.63) is 29.8 Å². The van der Waals surface area contributed by atoms with Crippen LogP contribution in [0.4, 0.5) is 0 Å². The zero-order valence-corrected chi connectivity index (χ0v) is 24.0. The zero-order valence-electron chi connectivity index (χ0n) is 24.0. The first-order chi connectivity index (χ1) is 19.7. The number of ether oxygens (including phenoxy) is 3. The fraction of sp³-hybridized carbons (Fsp3) is 0.567. The highest BCUT2D eigenvalue weighted by atomic mass is 16.5. The Hall–Kier alpha value is -3.89. The molecule has 11 nitrogen and oxygen atoms in total. The van der Waals surface area contributed by atoms with Crippen LogP contribution in [0.3, 0.4) is 0 Å². The third-order valence-corrected chi connectivity index (χ3v) is 8.56. The van der Waals surface area contributed by atoms with Gasteiger partial charge in [-0.3, -0.25) is 9.59 Å². The number of benzene rings is 1. The molecule has 5 atom stereocenters. The van der Waals surface area contributed by atoms with Gasteiger partial charge in [-0.1, -0.05) is 12.2 Å². The van der Waals surface area contributed by atoms with Crippen molar-refractivity contribution in [3.8, 4) is 17.6 Å². The average Bonchev–Trinajstić information content (AvgIpc) is 3.48. The number of aliphatic carboxylic acids is 1. The molecule has 220 valence electrons. The van der Waals surface area contributed by atoms with Gasteiger partial charge in [-0.05, 0) is 64.5 Å². The molecule has 5 rings (SSSR count). The van der Waals surface area contributed by atoms with E-state index in [9.17, 15) is 19.5 Å². The standard InChI is InChI=1S/C30H38N4O7/c1-5-40-29-31-24-17(2)23(39-4)12-11-20(24)26(32-29)41-19-14-21-22(15-19)27(36)34(3)13-9-7-6-8-10-18-16-30(18,28(37)38)33-25(21)35/h8,10-12,18-19,21-22H,5-7,9,13-16H2,1-4H3,(H,33,35)(H,37,38)/b10-8-. The number of carbonyl (C=O) groups is 3. The molecule has 0 saturated heterocycles. The average molecular weight is 567 g/mol. The van der Waals surface area contributed by atoms with Crippen molar-refractivity contribution in [2.75, 3.05) is 27.3 Å². The lowest BCUT2D eigenvalue weighted by atomic mass is 9.93. The highest BCUT2D eigenvalue weighted by Gasteiger charge is 2.61. The summed E-state index contributed by atoms with van der Waals surface area (Å²) < 4.78 is 17.5. The highest BCUT2D eigenvalue weighted by Crippen LogP contribution is 2.46. The van der Waals surface area contributed by atoms with E-state index in [0.29, 0.717) is 48.5 Å². The van der Waals surface area contributed by atoms with Crippen LogP contribution in [0, 0.1) is 24.7 Å². The SMILES string of the molecule is CCOc1nc(OC2CC3C(=O)NC4(C(=O)O)CC4/C=C\CCCCN(C)C(=O)C3C2)c2ccc(OC)c(C)c2n1. The first-order valence-electron chi connectivity index (χ1n) is 14.3. The Kier molecular flexibility index (Phi) is 8.06. The van der Waals surface area contributed by atoms with E-state index in [1.807, 2.05) is 38.1 Å². The normalized spacial score (nSPS) is 29.1. The molecule has 2 amide bonds. The van der Waals surface area contributed by atoms with Crippen LogP contribution < -0.4 is 19.5 Å². The van der Waals surface area contributed by atoms with Crippen LogP contribution in [-0.2, 0) is 14.4 Å². The predicted octanol–water partition coefficient (Wildman–Crippen LogP) is 3.28. The summed E-state index contributed by atoms with van der Waals surface area (Å²) >= 11 is 0. The fourth-order valence-corrected chi connectivity index (χ4v) is 6.12. The van der Waals surface area contributed by atoms with Crippen molar-refractivity contribution in [2.45, 2.75) is 64.0 Å². The maximum Gasteiger partial charge on any atom is 0.330 e. The summed E-state index contributed by atoms with van der Waals surface area (Å²) in [5, 5.41) is 13.5. The van der Waals surface area contributed by atoms with E-state index in [4.69, 9.17) is 14.2 Å². The number of carbonyl (C=O) groups excluding carboxylic acids is 2. The van der Waals surface area contributed by atoms with E-state index < -0.39 is 35.4 Å². The number of nitrogens with zero attached hydrogens (tertiary/aromatic N) is 3. The first kappa shape index (κ1) is 28.6. The number of hydrogen-bond acceptors (Lipinski definition) is 8. The molecule has 0 radical (unpaired) electrons. The molecule has 5 unspecified atom stereocenters. The molecule has 0 bridgehead atoms.